The Morgan fingerprint density at radius 2 is 1.90 bits per heavy atom. The summed E-state index contributed by atoms with van der Waals surface area (Å²) in [5, 5.41) is 9.90. The van der Waals surface area contributed by atoms with Crippen LogP contribution >= 0.6 is 0 Å². The van der Waals surface area contributed by atoms with E-state index in [-0.39, 0.29) is 25.4 Å². The zero-order valence-corrected chi connectivity index (χ0v) is 13.3. The molecule has 5 nitrogen and oxygen atoms in total. The highest BCUT2D eigenvalue weighted by molar-refractivity contribution is 5.38. The van der Waals surface area contributed by atoms with Crippen molar-refractivity contribution in [2.24, 2.45) is 5.73 Å². The van der Waals surface area contributed by atoms with Crippen molar-refractivity contribution in [3.63, 3.8) is 0 Å². The molecule has 0 saturated heterocycles. The van der Waals surface area contributed by atoms with Crippen LogP contribution < -0.4 is 10.5 Å². The third-order valence-corrected chi connectivity index (χ3v) is 3.07. The van der Waals surface area contributed by atoms with Crippen molar-refractivity contribution >= 4 is 0 Å². The van der Waals surface area contributed by atoms with Crippen LogP contribution in [0.1, 0.15) is 31.0 Å². The van der Waals surface area contributed by atoms with Gasteiger partial charge in [0.25, 0.3) is 0 Å². The number of hydrogen-bond donors (Lipinski definition) is 2. The van der Waals surface area contributed by atoms with Gasteiger partial charge in [-0.15, -0.1) is 0 Å². The Balaban J connectivity index is 2.49. The molecular formula is C16H27NO4. The number of benzene rings is 1. The summed E-state index contributed by atoms with van der Waals surface area (Å²) in [5.41, 5.74) is 7.95. The number of aliphatic hydroxyl groups excluding tert-OH is 1. The van der Waals surface area contributed by atoms with Crippen LogP contribution in [0.5, 0.6) is 5.75 Å². The average Bonchev–Trinajstić information content (AvgIpc) is 2.43. The summed E-state index contributed by atoms with van der Waals surface area (Å²) in [4.78, 5) is 0. The zero-order chi connectivity index (χ0) is 15.8. The van der Waals surface area contributed by atoms with Gasteiger partial charge >= 0.3 is 0 Å². The molecule has 1 aromatic rings. The minimum absolute atomic E-state index is 0.0526. The molecule has 0 aliphatic rings. The number of methoxy groups -OCH3 is 1. The molecule has 0 saturated carbocycles. The quantitative estimate of drug-likeness (QED) is 0.727. The van der Waals surface area contributed by atoms with E-state index in [1.54, 1.807) is 7.11 Å². The summed E-state index contributed by atoms with van der Waals surface area (Å²) in [5.74, 6) is 0.717. The second-order valence-corrected chi connectivity index (χ2v) is 5.39. The van der Waals surface area contributed by atoms with Gasteiger partial charge in [0.15, 0.2) is 0 Å². The van der Waals surface area contributed by atoms with Crippen molar-refractivity contribution in [2.45, 2.75) is 39.0 Å². The Hall–Kier alpha value is -1.14. The summed E-state index contributed by atoms with van der Waals surface area (Å²) < 4.78 is 16.1. The monoisotopic (exact) mass is 297 g/mol. The summed E-state index contributed by atoms with van der Waals surface area (Å²) in [6.45, 7) is 6.67. The topological polar surface area (TPSA) is 73.9 Å². The van der Waals surface area contributed by atoms with Gasteiger partial charge in [0.2, 0.25) is 0 Å². The van der Waals surface area contributed by atoms with Crippen LogP contribution in [0.2, 0.25) is 0 Å². The highest BCUT2D eigenvalue weighted by Crippen LogP contribution is 2.25. The summed E-state index contributed by atoms with van der Waals surface area (Å²) in [7, 11) is 1.62. The number of aryl methyl sites for hydroxylation is 1. The Morgan fingerprint density at radius 3 is 2.52 bits per heavy atom. The smallest absolute Gasteiger partial charge is 0.124 e. The molecule has 0 aliphatic carbocycles. The molecule has 5 heteroatoms. The van der Waals surface area contributed by atoms with E-state index in [0.29, 0.717) is 12.4 Å². The lowest BCUT2D eigenvalue weighted by atomic mass is 10.1. The highest BCUT2D eigenvalue weighted by Gasteiger charge is 2.12. The second kappa shape index (κ2) is 9.00. The first-order valence-corrected chi connectivity index (χ1v) is 7.21. The van der Waals surface area contributed by atoms with Gasteiger partial charge in [0.05, 0.1) is 19.3 Å². The summed E-state index contributed by atoms with van der Waals surface area (Å²) >= 11 is 0. The molecular weight excluding hydrogens is 270 g/mol. The fourth-order valence-electron chi connectivity index (χ4n) is 1.94. The van der Waals surface area contributed by atoms with E-state index in [1.165, 1.54) is 0 Å². The molecule has 0 aliphatic heterocycles. The maximum atomic E-state index is 9.90. The van der Waals surface area contributed by atoms with Gasteiger partial charge in [-0.25, -0.2) is 0 Å². The number of nitrogens with two attached hydrogens (primary N) is 1. The molecule has 1 aromatic carbocycles. The predicted octanol–water partition coefficient (Wildman–Crippen LogP) is 1.81. The van der Waals surface area contributed by atoms with Crippen molar-refractivity contribution in [3.05, 3.63) is 29.3 Å². The van der Waals surface area contributed by atoms with Crippen molar-refractivity contribution in [1.29, 1.82) is 0 Å². The van der Waals surface area contributed by atoms with Crippen LogP contribution in [-0.2, 0) is 9.47 Å². The van der Waals surface area contributed by atoms with E-state index >= 15 is 0 Å². The molecule has 0 heterocycles. The zero-order valence-electron chi connectivity index (χ0n) is 13.3. The van der Waals surface area contributed by atoms with Gasteiger partial charge < -0.3 is 25.1 Å². The Morgan fingerprint density at radius 1 is 1.19 bits per heavy atom. The Bertz CT molecular complexity index is 423. The Kier molecular flexibility index (Phi) is 7.67. The first kappa shape index (κ1) is 17.9. The summed E-state index contributed by atoms with van der Waals surface area (Å²) in [6.07, 6.45) is -0.742. The molecule has 0 spiro atoms. The Labute approximate surface area is 127 Å². The van der Waals surface area contributed by atoms with Crippen molar-refractivity contribution in [2.75, 3.05) is 26.9 Å². The average molecular weight is 297 g/mol. The highest BCUT2D eigenvalue weighted by atomic mass is 16.5. The maximum Gasteiger partial charge on any atom is 0.124 e. The van der Waals surface area contributed by atoms with E-state index in [4.69, 9.17) is 19.9 Å². The third-order valence-electron chi connectivity index (χ3n) is 3.07. The van der Waals surface area contributed by atoms with Gasteiger partial charge in [-0.2, -0.15) is 0 Å². The van der Waals surface area contributed by atoms with Crippen LogP contribution in [0.25, 0.3) is 0 Å². The molecule has 0 fully saturated rings. The van der Waals surface area contributed by atoms with Crippen LogP contribution in [0.3, 0.4) is 0 Å². The van der Waals surface area contributed by atoms with E-state index in [9.17, 15) is 5.11 Å². The molecule has 1 rings (SSSR count). The van der Waals surface area contributed by atoms with Gasteiger partial charge in [-0.3, -0.25) is 0 Å². The number of rotatable bonds is 9. The molecule has 0 radical (unpaired) electrons. The number of aliphatic hydroxyl groups is 1. The van der Waals surface area contributed by atoms with Gasteiger partial charge in [0, 0.05) is 18.7 Å². The van der Waals surface area contributed by atoms with E-state index in [2.05, 4.69) is 0 Å². The van der Waals surface area contributed by atoms with Crippen LogP contribution in [0, 0.1) is 6.92 Å². The van der Waals surface area contributed by atoms with Gasteiger partial charge in [0.1, 0.15) is 18.5 Å². The lowest BCUT2D eigenvalue weighted by Crippen LogP contribution is -2.27. The lowest BCUT2D eigenvalue weighted by molar-refractivity contribution is -0.0423. The van der Waals surface area contributed by atoms with Gasteiger partial charge in [-0.05, 0) is 32.4 Å². The van der Waals surface area contributed by atoms with Crippen molar-refractivity contribution < 1.29 is 19.3 Å². The minimum Gasteiger partial charge on any atom is -0.490 e. The molecule has 0 aromatic heterocycles. The standard InChI is InChI=1S/C16H27NO4/c1-11-5-6-15(13(3)17)16(7-11)21-10-14(18)9-20-12(2)8-19-4/h5-7,12-14,18H,8-10,17H2,1-4H3/t12?,13-,14?/m1/s1. The predicted molar refractivity (Wildman–Crippen MR) is 82.6 cm³/mol. The largest absolute Gasteiger partial charge is 0.490 e. The lowest BCUT2D eigenvalue weighted by Gasteiger charge is -2.19. The SMILES string of the molecule is COCC(C)OCC(O)COc1cc(C)ccc1[C@@H](C)N. The molecule has 2 unspecified atom stereocenters. The molecule has 0 bridgehead atoms. The number of ether oxygens (including phenoxy) is 3. The van der Waals surface area contributed by atoms with Crippen LogP contribution in [0.15, 0.2) is 18.2 Å². The normalized spacial score (nSPS) is 15.5. The van der Waals surface area contributed by atoms with Gasteiger partial charge in [-0.1, -0.05) is 12.1 Å². The molecule has 3 N–H and O–H groups in total. The third kappa shape index (κ3) is 6.44. The van der Waals surface area contributed by atoms with E-state index in [1.807, 2.05) is 39.0 Å². The molecule has 21 heavy (non-hydrogen) atoms. The number of hydrogen-bond acceptors (Lipinski definition) is 5. The van der Waals surface area contributed by atoms with Crippen LogP contribution in [-0.4, -0.2) is 44.2 Å². The van der Waals surface area contributed by atoms with E-state index < -0.39 is 6.10 Å². The summed E-state index contributed by atoms with van der Waals surface area (Å²) in [6, 6.07) is 5.77. The second-order valence-electron chi connectivity index (χ2n) is 5.39. The van der Waals surface area contributed by atoms with Crippen molar-refractivity contribution in [1.82, 2.24) is 0 Å². The molecule has 3 atom stereocenters. The fraction of sp³-hybridized carbons (Fsp3) is 0.625. The minimum atomic E-state index is -0.689. The van der Waals surface area contributed by atoms with Crippen molar-refractivity contribution in [3.8, 4) is 5.75 Å². The molecule has 120 valence electrons. The molecule has 0 amide bonds. The first-order valence-electron chi connectivity index (χ1n) is 7.21. The van der Waals surface area contributed by atoms with E-state index in [0.717, 1.165) is 11.1 Å². The first-order chi connectivity index (χ1) is 9.93. The maximum absolute atomic E-state index is 9.90. The fourth-order valence-corrected chi connectivity index (χ4v) is 1.94. The van der Waals surface area contributed by atoms with Crippen LogP contribution in [0.4, 0.5) is 0 Å².